The maximum absolute atomic E-state index is 11.5. The van der Waals surface area contributed by atoms with Crippen LogP contribution in [0, 0.1) is 20.2 Å². The molecule has 0 spiro atoms. The van der Waals surface area contributed by atoms with Gasteiger partial charge in [0.25, 0.3) is 0 Å². The summed E-state index contributed by atoms with van der Waals surface area (Å²) in [6.07, 6.45) is 5.98. The van der Waals surface area contributed by atoms with Crippen molar-refractivity contribution in [3.8, 4) is 0 Å². The number of hydrogen-bond donors (Lipinski definition) is 8. The molecule has 3 aromatic carbocycles. The van der Waals surface area contributed by atoms with E-state index < -0.39 is 51.4 Å². The molecule has 0 bridgehead atoms. The van der Waals surface area contributed by atoms with Crippen molar-refractivity contribution in [1.29, 1.82) is 0 Å². The van der Waals surface area contributed by atoms with E-state index in [1.165, 1.54) is 11.6 Å². The molecule has 3 aromatic rings. The molecule has 19 heteroatoms. The zero-order valence-electron chi connectivity index (χ0n) is 49.5. The second-order valence-corrected chi connectivity index (χ2v) is 25.1. The Morgan fingerprint density at radius 3 is 1.53 bits per heavy atom. The van der Waals surface area contributed by atoms with Gasteiger partial charge in [-0.3, -0.25) is 30.3 Å². The molecule has 438 valence electrons. The molecule has 2 amide bonds. The van der Waals surface area contributed by atoms with Crippen LogP contribution in [-0.2, 0) is 20.8 Å². The second kappa shape index (κ2) is 31.6. The number of ether oxygens (including phenoxy) is 2. The number of alkyl carbamates (subject to hydrolysis) is 2. The highest BCUT2D eigenvalue weighted by Crippen LogP contribution is 2.33. The van der Waals surface area contributed by atoms with Crippen molar-refractivity contribution < 1.29 is 43.9 Å². The van der Waals surface area contributed by atoms with E-state index in [0.717, 1.165) is 36.6 Å². The van der Waals surface area contributed by atoms with Gasteiger partial charge in [0.15, 0.2) is 0 Å². The van der Waals surface area contributed by atoms with E-state index in [1.54, 1.807) is 34.6 Å². The molecule has 2 aliphatic heterocycles. The minimum atomic E-state index is -0.777. The monoisotopic (exact) mass is 1090 g/mol. The number of aliphatic carboxylic acids is 1. The molecule has 0 radical (unpaired) electrons. The van der Waals surface area contributed by atoms with Gasteiger partial charge in [-0.15, -0.1) is 0 Å². The maximum Gasteiger partial charge on any atom is 0.408 e. The Hall–Kier alpha value is -5.99. The molecule has 5 rings (SSSR count). The highest BCUT2D eigenvalue weighted by atomic mass is 16.6. The topological polar surface area (TPSA) is 283 Å². The number of nitrogens with zero attached hydrogens (tertiary/aromatic N) is 2. The number of aliphatic hydroxyl groups is 1. The van der Waals surface area contributed by atoms with Crippen molar-refractivity contribution in [2.24, 2.45) is 5.73 Å². The Kier molecular flexibility index (Phi) is 28.3. The van der Waals surface area contributed by atoms with E-state index in [1.807, 2.05) is 115 Å². The van der Waals surface area contributed by atoms with Gasteiger partial charge in [-0.1, -0.05) is 91.0 Å². The number of amides is 2. The molecular weight excluding hydrogens is 997 g/mol. The first-order valence-electron chi connectivity index (χ1n) is 26.7. The van der Waals surface area contributed by atoms with Gasteiger partial charge in [-0.25, -0.2) is 9.59 Å². The summed E-state index contributed by atoms with van der Waals surface area (Å²) in [6, 6.07) is 30.0. The van der Waals surface area contributed by atoms with Crippen molar-refractivity contribution in [2.75, 3.05) is 6.61 Å². The molecule has 0 unspecified atom stereocenters. The van der Waals surface area contributed by atoms with E-state index in [2.05, 4.69) is 78.5 Å². The molecule has 2 saturated heterocycles. The smallest absolute Gasteiger partial charge is 0.408 e. The van der Waals surface area contributed by atoms with Crippen LogP contribution in [0.4, 0.5) is 9.59 Å². The van der Waals surface area contributed by atoms with Crippen LogP contribution in [0.5, 0.6) is 0 Å². The maximum atomic E-state index is 11.5. The molecule has 2 fully saturated rings. The Labute approximate surface area is 465 Å². The highest BCUT2D eigenvalue weighted by molar-refractivity contribution is 5.69. The number of aliphatic hydroxyl groups excluding tert-OH is 1. The van der Waals surface area contributed by atoms with Crippen LogP contribution in [0.25, 0.3) is 0 Å². The summed E-state index contributed by atoms with van der Waals surface area (Å²) in [5.74, 6) is -0.777. The first-order chi connectivity index (χ1) is 35.8. The standard InChI is InChI=1S/C13H18N2O2.C13H20N2.C12H17NO2.C11H20N2O4.C10H21NO3/c1-13(2)9-8-11(15(16)17)12(14-13)10-6-4-3-5-7-10;1-13(2)9-8-11(14)12(15-13)10-6-4-3-5-7-10;1-12(2,8-11(14)15)13-9-10-6-4-3-5-7-10;1-10(2,3)17-9(14)12-11(4,5)7-6-8-13(15)16;1-9(2,3)14-8(13)11-10(4,5)6-7-12/h3-7,11-12,14H,8-9H2,1-2H3;3-7,11-12,15H,8-9,14H2,1-2H3;3-7,13H,8-9H2,1-2H3,(H,14,15);6,8H,7H2,1-5H3,(H,12,14);12H,6-7H2,1-5H3,(H,11,13)/b;;;8-6+;/t11-,12+;11-,12-;;;/m10.../s1. The lowest BCUT2D eigenvalue weighted by molar-refractivity contribution is -0.532. The molecule has 0 aliphatic carbocycles. The lowest BCUT2D eigenvalue weighted by atomic mass is 9.83. The van der Waals surface area contributed by atoms with Gasteiger partial charge in [0.1, 0.15) is 17.2 Å². The molecule has 19 nitrogen and oxygen atoms in total. The summed E-state index contributed by atoms with van der Waals surface area (Å²) in [5.41, 5.74) is 7.37. The van der Waals surface area contributed by atoms with Crippen LogP contribution >= 0.6 is 0 Å². The molecule has 4 atom stereocenters. The first kappa shape index (κ1) is 70.0. The van der Waals surface area contributed by atoms with Crippen molar-refractivity contribution in [3.05, 3.63) is 140 Å². The van der Waals surface area contributed by atoms with Crippen LogP contribution in [0.1, 0.15) is 184 Å². The average Bonchev–Trinajstić information content (AvgIpc) is 3.28. The van der Waals surface area contributed by atoms with Crippen molar-refractivity contribution in [3.63, 3.8) is 0 Å². The summed E-state index contributed by atoms with van der Waals surface area (Å²) in [4.78, 5) is 53.9. The SMILES string of the molecule is CC(C)(C/C=C/[N+](=O)[O-])NC(=O)OC(C)(C)C.CC(C)(CC(=O)O)NCc1ccccc1.CC(C)(CCO)NC(=O)OC(C)(C)C.CC1(C)CC[C@@H]([N+](=O)[O-])[C@H](c2ccccc2)N1.CC1(C)CC[C@H](N)[C@H](c2ccccc2)N1. The van der Waals surface area contributed by atoms with Crippen LogP contribution < -0.4 is 32.3 Å². The summed E-state index contributed by atoms with van der Waals surface area (Å²) in [5, 5.41) is 54.3. The molecule has 9 N–H and O–H groups in total. The first-order valence-corrected chi connectivity index (χ1v) is 26.7. The molecule has 2 heterocycles. The summed E-state index contributed by atoms with van der Waals surface area (Å²) in [7, 11) is 0. The van der Waals surface area contributed by atoms with Crippen LogP contribution in [0.15, 0.2) is 103 Å². The van der Waals surface area contributed by atoms with E-state index >= 15 is 0 Å². The Balaban J connectivity index is 0.000000489. The third-order valence-electron chi connectivity index (χ3n) is 12.1. The van der Waals surface area contributed by atoms with Crippen LogP contribution in [0.2, 0.25) is 0 Å². The minimum absolute atomic E-state index is 0.0347. The highest BCUT2D eigenvalue weighted by Gasteiger charge is 2.41. The number of carbonyl (C=O) groups is 3. The van der Waals surface area contributed by atoms with Gasteiger partial charge < -0.3 is 46.7 Å². The molecule has 2 aliphatic rings. The third-order valence-corrected chi connectivity index (χ3v) is 12.1. The average molecular weight is 1090 g/mol. The number of nitrogens with one attached hydrogen (secondary N) is 5. The zero-order valence-corrected chi connectivity index (χ0v) is 49.5. The van der Waals surface area contributed by atoms with E-state index in [0.29, 0.717) is 31.8 Å². The largest absolute Gasteiger partial charge is 0.481 e. The fourth-order valence-electron chi connectivity index (χ4n) is 8.11. The predicted molar refractivity (Wildman–Crippen MR) is 309 cm³/mol. The van der Waals surface area contributed by atoms with Crippen molar-refractivity contribution >= 4 is 18.2 Å². The fourth-order valence-corrected chi connectivity index (χ4v) is 8.11. The fraction of sp³-hybridized carbons (Fsp3) is 0.610. The van der Waals surface area contributed by atoms with Crippen LogP contribution in [0.3, 0.4) is 0 Å². The number of hydrogen-bond acceptors (Lipinski definition) is 14. The number of piperidine rings is 2. The van der Waals surface area contributed by atoms with Crippen LogP contribution in [-0.4, -0.2) is 95.8 Å². The lowest BCUT2D eigenvalue weighted by Gasteiger charge is -2.41. The Morgan fingerprint density at radius 1 is 0.679 bits per heavy atom. The number of benzene rings is 3. The summed E-state index contributed by atoms with van der Waals surface area (Å²) >= 11 is 0. The molecule has 0 saturated carbocycles. The number of nitrogens with two attached hydrogens (primary N) is 1. The zero-order chi connectivity index (χ0) is 59.8. The number of carboxylic acid groups (broad SMARTS) is 1. The van der Waals surface area contributed by atoms with Crippen molar-refractivity contribution in [1.82, 2.24) is 26.6 Å². The number of rotatable bonds is 15. The van der Waals surface area contributed by atoms with E-state index in [-0.39, 0.29) is 46.7 Å². The Morgan fingerprint density at radius 2 is 1.10 bits per heavy atom. The molecular formula is C59H96N8O11. The van der Waals surface area contributed by atoms with Crippen molar-refractivity contribution in [2.45, 2.75) is 225 Å². The van der Waals surface area contributed by atoms with Gasteiger partial charge in [0.2, 0.25) is 12.2 Å². The van der Waals surface area contributed by atoms with Gasteiger partial charge in [0, 0.05) is 64.3 Å². The summed E-state index contributed by atoms with van der Waals surface area (Å²) in [6.45, 7) is 31.2. The lowest BCUT2D eigenvalue weighted by Crippen LogP contribution is -2.53. The Bertz CT molecular complexity index is 2300. The van der Waals surface area contributed by atoms with E-state index in [9.17, 15) is 34.6 Å². The van der Waals surface area contributed by atoms with E-state index in [4.69, 9.17) is 25.4 Å². The van der Waals surface area contributed by atoms with Gasteiger partial charge in [-0.05, 0) is 166 Å². The van der Waals surface area contributed by atoms with Gasteiger partial charge >= 0.3 is 18.2 Å². The van der Waals surface area contributed by atoms with Gasteiger partial charge in [0.05, 0.1) is 11.3 Å². The van der Waals surface area contributed by atoms with Gasteiger partial charge in [-0.2, -0.15) is 0 Å². The number of carboxylic acids is 1. The summed E-state index contributed by atoms with van der Waals surface area (Å²) < 4.78 is 10.2. The minimum Gasteiger partial charge on any atom is -0.481 e. The third kappa shape index (κ3) is 32.0. The normalized spacial score (nSPS) is 18.9. The molecule has 78 heavy (non-hydrogen) atoms. The second-order valence-electron chi connectivity index (χ2n) is 25.1. The number of carbonyl (C=O) groups excluding carboxylic acids is 2. The number of nitro groups is 2. The predicted octanol–water partition coefficient (Wildman–Crippen LogP) is 10.9. The molecule has 0 aromatic heterocycles. The quantitative estimate of drug-likeness (QED) is 0.0519.